The second-order valence-corrected chi connectivity index (χ2v) is 5.43. The molecule has 0 aliphatic rings. The molecule has 0 saturated heterocycles. The van der Waals surface area contributed by atoms with E-state index in [0.717, 1.165) is 14.2 Å². The lowest BCUT2D eigenvalue weighted by atomic mass is 9.86. The van der Waals surface area contributed by atoms with Gasteiger partial charge in [0.1, 0.15) is 6.04 Å². The number of nitrogens with one attached hydrogen (secondary N) is 1. The van der Waals surface area contributed by atoms with Crippen molar-refractivity contribution in [3.63, 3.8) is 0 Å². The van der Waals surface area contributed by atoms with Gasteiger partial charge in [0.05, 0.1) is 25.9 Å². The molecule has 0 aliphatic carbocycles. The predicted molar refractivity (Wildman–Crippen MR) is 88.3 cm³/mol. The number of carbonyl (C=O) groups is 4. The van der Waals surface area contributed by atoms with Crippen molar-refractivity contribution in [2.45, 2.75) is 13.0 Å². The normalized spacial score (nSPS) is 12.4. The van der Waals surface area contributed by atoms with Gasteiger partial charge in [0.2, 0.25) is 5.91 Å². The summed E-state index contributed by atoms with van der Waals surface area (Å²) in [5, 5.41) is 11.2. The maximum atomic E-state index is 12.3. The average molecular weight is 361 g/mol. The molecule has 2 amide bonds. The fourth-order valence-electron chi connectivity index (χ4n) is 2.35. The van der Waals surface area contributed by atoms with Crippen LogP contribution < -0.4 is 11.1 Å². The Hall–Kier alpha value is -3.41. The third-order valence-electron chi connectivity index (χ3n) is 3.83. The van der Waals surface area contributed by atoms with E-state index in [9.17, 15) is 19.2 Å². The molecular formula is C17H19N3O6. The van der Waals surface area contributed by atoms with E-state index in [1.807, 2.05) is 6.07 Å². The van der Waals surface area contributed by atoms with Gasteiger partial charge < -0.3 is 20.5 Å². The third-order valence-corrected chi connectivity index (χ3v) is 3.83. The van der Waals surface area contributed by atoms with Crippen molar-refractivity contribution < 1.29 is 28.7 Å². The molecular weight excluding hydrogens is 342 g/mol. The number of nitrogens with two attached hydrogens (primary N) is 1. The number of hydrogen-bond donors (Lipinski definition) is 2. The number of carbonyl (C=O) groups excluding carboxylic acids is 4. The number of benzene rings is 1. The van der Waals surface area contributed by atoms with Gasteiger partial charge in [-0.15, -0.1) is 0 Å². The van der Waals surface area contributed by atoms with Crippen LogP contribution in [0.15, 0.2) is 24.3 Å². The summed E-state index contributed by atoms with van der Waals surface area (Å²) in [7, 11) is 2.17. The number of nitrogens with zero attached hydrogens (tertiary/aromatic N) is 1. The minimum absolute atomic E-state index is 0.176. The first-order chi connectivity index (χ1) is 12.3. The maximum Gasteiger partial charge on any atom is 0.320 e. The van der Waals surface area contributed by atoms with Crippen LogP contribution in [0.5, 0.6) is 0 Å². The van der Waals surface area contributed by atoms with Crippen LogP contribution in [0.3, 0.4) is 0 Å². The van der Waals surface area contributed by atoms with Crippen molar-refractivity contribution in [1.82, 2.24) is 5.32 Å². The van der Waals surface area contributed by atoms with Crippen LogP contribution >= 0.6 is 0 Å². The van der Waals surface area contributed by atoms with Gasteiger partial charge in [0.15, 0.2) is 5.92 Å². The van der Waals surface area contributed by atoms with Crippen LogP contribution in [-0.4, -0.2) is 44.0 Å². The van der Waals surface area contributed by atoms with Gasteiger partial charge in [0, 0.05) is 11.5 Å². The zero-order valence-corrected chi connectivity index (χ0v) is 14.5. The van der Waals surface area contributed by atoms with Crippen molar-refractivity contribution in [1.29, 1.82) is 5.26 Å². The van der Waals surface area contributed by atoms with E-state index in [0.29, 0.717) is 5.56 Å². The lowest BCUT2D eigenvalue weighted by Crippen LogP contribution is -2.52. The molecule has 26 heavy (non-hydrogen) atoms. The van der Waals surface area contributed by atoms with E-state index in [2.05, 4.69) is 14.8 Å². The summed E-state index contributed by atoms with van der Waals surface area (Å²) in [6, 6.07) is 6.25. The van der Waals surface area contributed by atoms with Crippen molar-refractivity contribution in [3.8, 4) is 6.07 Å². The van der Waals surface area contributed by atoms with Crippen LogP contribution in [0.4, 0.5) is 0 Å². The highest BCUT2D eigenvalue weighted by atomic mass is 16.5. The summed E-state index contributed by atoms with van der Waals surface area (Å²) in [6.45, 7) is 1.40. The minimum atomic E-state index is -1.44. The largest absolute Gasteiger partial charge is 0.468 e. The van der Waals surface area contributed by atoms with Crippen molar-refractivity contribution in [3.05, 3.63) is 35.4 Å². The molecule has 9 heteroatoms. The van der Waals surface area contributed by atoms with Gasteiger partial charge in [-0.3, -0.25) is 19.2 Å². The Kier molecular flexibility index (Phi) is 7.28. The van der Waals surface area contributed by atoms with Gasteiger partial charge in [-0.2, -0.15) is 5.26 Å². The molecule has 138 valence electrons. The van der Waals surface area contributed by atoms with E-state index >= 15 is 0 Å². The van der Waals surface area contributed by atoms with Crippen LogP contribution in [0.1, 0.15) is 22.8 Å². The summed E-state index contributed by atoms with van der Waals surface area (Å²) in [5.74, 6) is -5.87. The molecule has 1 rings (SSSR count). The summed E-state index contributed by atoms with van der Waals surface area (Å²) < 4.78 is 9.13. The molecule has 0 bridgehead atoms. The number of nitriles is 1. The molecule has 0 unspecified atom stereocenters. The second-order valence-electron chi connectivity index (χ2n) is 5.43. The fourth-order valence-corrected chi connectivity index (χ4v) is 2.35. The zero-order valence-electron chi connectivity index (χ0n) is 14.5. The van der Waals surface area contributed by atoms with E-state index < -0.39 is 41.6 Å². The first-order valence-corrected chi connectivity index (χ1v) is 7.52. The summed E-state index contributed by atoms with van der Waals surface area (Å²) in [4.78, 5) is 47.9. The SMILES string of the molecule is COC(=O)C(C(=O)OC)[C@H](C)[C@H](NC(=O)c1ccc(C#N)cc1)C(N)=O. The molecule has 0 aromatic heterocycles. The molecule has 2 atom stereocenters. The highest BCUT2D eigenvalue weighted by Gasteiger charge is 2.41. The number of ether oxygens (including phenoxy) is 2. The van der Waals surface area contributed by atoms with Crippen molar-refractivity contribution >= 4 is 23.8 Å². The smallest absolute Gasteiger partial charge is 0.320 e. The molecule has 9 nitrogen and oxygen atoms in total. The predicted octanol–water partition coefficient (Wildman–Crippen LogP) is -0.260. The van der Waals surface area contributed by atoms with E-state index in [4.69, 9.17) is 11.0 Å². The van der Waals surface area contributed by atoms with E-state index in [-0.39, 0.29) is 5.56 Å². The molecule has 0 aliphatic heterocycles. The fraction of sp³-hybridized carbons (Fsp3) is 0.353. The minimum Gasteiger partial charge on any atom is -0.468 e. The monoisotopic (exact) mass is 361 g/mol. The number of methoxy groups -OCH3 is 2. The van der Waals surface area contributed by atoms with Crippen LogP contribution in [0.25, 0.3) is 0 Å². The Morgan fingerprint density at radius 2 is 1.58 bits per heavy atom. The maximum absolute atomic E-state index is 12.3. The molecule has 1 aromatic rings. The Bertz CT molecular complexity index is 722. The Morgan fingerprint density at radius 3 is 1.96 bits per heavy atom. The summed E-state index contributed by atoms with van der Waals surface area (Å²) in [6.07, 6.45) is 0. The number of esters is 2. The van der Waals surface area contributed by atoms with Gasteiger partial charge >= 0.3 is 11.9 Å². The highest BCUT2D eigenvalue weighted by molar-refractivity contribution is 5.99. The molecule has 0 spiro atoms. The number of rotatable bonds is 7. The standard InChI is InChI=1S/C17H19N3O6/c1-9(12(16(23)25-2)17(24)26-3)13(14(19)21)20-15(22)11-6-4-10(8-18)5-7-11/h4-7,9,12-13H,1-3H3,(H2,19,21)(H,20,22)/t9-,13-/m0/s1. The zero-order chi connectivity index (χ0) is 19.9. The van der Waals surface area contributed by atoms with Gasteiger partial charge in [-0.25, -0.2) is 0 Å². The number of primary amides is 1. The molecule has 1 aromatic carbocycles. The molecule has 0 fully saturated rings. The highest BCUT2D eigenvalue weighted by Crippen LogP contribution is 2.20. The second kappa shape index (κ2) is 9.17. The van der Waals surface area contributed by atoms with Crippen molar-refractivity contribution in [2.24, 2.45) is 17.6 Å². The van der Waals surface area contributed by atoms with Crippen molar-refractivity contribution in [2.75, 3.05) is 14.2 Å². The third kappa shape index (κ3) is 4.80. The average Bonchev–Trinajstić information content (AvgIpc) is 2.65. The topological polar surface area (TPSA) is 149 Å². The summed E-state index contributed by atoms with van der Waals surface area (Å²) in [5.41, 5.74) is 5.86. The van der Waals surface area contributed by atoms with E-state index in [1.165, 1.54) is 31.2 Å². The lowest BCUT2D eigenvalue weighted by molar-refractivity contribution is -0.161. The Morgan fingerprint density at radius 1 is 1.08 bits per heavy atom. The Balaban J connectivity index is 3.07. The van der Waals surface area contributed by atoms with Crippen LogP contribution in [-0.2, 0) is 23.9 Å². The summed E-state index contributed by atoms with van der Waals surface area (Å²) >= 11 is 0. The molecule has 3 N–H and O–H groups in total. The quantitative estimate of drug-likeness (QED) is 0.502. The Labute approximate surface area is 150 Å². The lowest BCUT2D eigenvalue weighted by Gasteiger charge is -2.26. The van der Waals surface area contributed by atoms with Crippen LogP contribution in [0.2, 0.25) is 0 Å². The first-order valence-electron chi connectivity index (χ1n) is 7.52. The molecule has 0 saturated carbocycles. The molecule has 0 heterocycles. The number of amides is 2. The number of hydrogen-bond acceptors (Lipinski definition) is 7. The van der Waals surface area contributed by atoms with E-state index in [1.54, 1.807) is 0 Å². The van der Waals surface area contributed by atoms with Gasteiger partial charge in [-0.1, -0.05) is 6.92 Å². The first kappa shape index (κ1) is 20.6. The molecule has 0 radical (unpaired) electrons. The van der Waals surface area contributed by atoms with Gasteiger partial charge in [-0.05, 0) is 24.3 Å². The van der Waals surface area contributed by atoms with Crippen LogP contribution in [0, 0.1) is 23.2 Å². The van der Waals surface area contributed by atoms with Gasteiger partial charge in [0.25, 0.3) is 5.91 Å².